The van der Waals surface area contributed by atoms with E-state index in [1.807, 2.05) is 0 Å². The van der Waals surface area contributed by atoms with Crippen LogP contribution in [0.15, 0.2) is 4.52 Å². The van der Waals surface area contributed by atoms with E-state index in [0.717, 1.165) is 31.7 Å². The maximum Gasteiger partial charge on any atom is 0.244 e. The molecule has 1 aromatic rings. The quantitative estimate of drug-likeness (QED) is 0.481. The van der Waals surface area contributed by atoms with E-state index in [0.29, 0.717) is 11.7 Å². The molecule has 0 radical (unpaired) electrons. The number of carbonyl (C=O) groups is 1. The van der Waals surface area contributed by atoms with Crippen LogP contribution in [0.25, 0.3) is 0 Å². The molecule has 146 valence electrons. The van der Waals surface area contributed by atoms with Crippen molar-refractivity contribution in [1.82, 2.24) is 20.9 Å². The molecule has 7 heteroatoms. The van der Waals surface area contributed by atoms with Gasteiger partial charge in [0.05, 0.1) is 6.04 Å². The molecule has 0 bridgehead atoms. The van der Waals surface area contributed by atoms with Crippen LogP contribution in [-0.2, 0) is 4.79 Å². The summed E-state index contributed by atoms with van der Waals surface area (Å²) in [5, 5.41) is 16.5. The smallest absolute Gasteiger partial charge is 0.244 e. The largest absolute Gasteiger partial charge is 0.339 e. The fourth-order valence-corrected chi connectivity index (χ4v) is 4.34. The summed E-state index contributed by atoms with van der Waals surface area (Å²) in [7, 11) is 0. The molecule has 1 saturated carbocycles. The van der Waals surface area contributed by atoms with Crippen LogP contribution in [0.3, 0.4) is 0 Å². The summed E-state index contributed by atoms with van der Waals surface area (Å²) < 4.78 is 5.51. The molecule has 2 fully saturated rings. The minimum atomic E-state index is -0.400. The first-order chi connectivity index (χ1) is 12.8. The molecule has 1 saturated heterocycles. The lowest BCUT2D eigenvalue weighted by molar-refractivity contribution is -0.129. The van der Waals surface area contributed by atoms with Crippen molar-refractivity contribution in [2.75, 3.05) is 6.54 Å². The van der Waals surface area contributed by atoms with E-state index in [1.54, 1.807) is 5.48 Å². The van der Waals surface area contributed by atoms with Gasteiger partial charge in [0.25, 0.3) is 0 Å². The molecule has 0 aromatic carbocycles. The van der Waals surface area contributed by atoms with E-state index >= 15 is 0 Å². The standard InChI is InChI=1S/C19H32N4O3/c24-17(22-25)13-15(10-6-9-14-7-2-1-3-8-14)19-21-18(23-26-19)16-11-4-5-12-20-16/h14-16,20,25H,1-13H2,(H,22,24)/t15-,16+/m1/s1. The lowest BCUT2D eigenvalue weighted by atomic mass is 9.84. The zero-order valence-corrected chi connectivity index (χ0v) is 15.6. The second-order valence-electron chi connectivity index (χ2n) is 7.86. The van der Waals surface area contributed by atoms with Crippen molar-refractivity contribution in [3.8, 4) is 0 Å². The van der Waals surface area contributed by atoms with Gasteiger partial charge in [0.15, 0.2) is 5.82 Å². The van der Waals surface area contributed by atoms with Gasteiger partial charge in [-0.25, -0.2) is 5.48 Å². The number of rotatable bonds is 8. The van der Waals surface area contributed by atoms with Crippen LogP contribution in [0.2, 0.25) is 0 Å². The summed E-state index contributed by atoms with van der Waals surface area (Å²) in [6, 6.07) is 0.149. The van der Waals surface area contributed by atoms with Gasteiger partial charge in [-0.1, -0.05) is 56.5 Å². The molecule has 2 heterocycles. The lowest BCUT2D eigenvalue weighted by Gasteiger charge is -2.22. The molecule has 7 nitrogen and oxygen atoms in total. The fourth-order valence-electron chi connectivity index (χ4n) is 4.34. The van der Waals surface area contributed by atoms with Gasteiger partial charge >= 0.3 is 0 Å². The van der Waals surface area contributed by atoms with Crippen molar-refractivity contribution in [3.63, 3.8) is 0 Å². The molecule has 1 aliphatic heterocycles. The maximum atomic E-state index is 11.7. The molecule has 1 aromatic heterocycles. The van der Waals surface area contributed by atoms with E-state index < -0.39 is 5.91 Å². The van der Waals surface area contributed by atoms with E-state index in [9.17, 15) is 4.79 Å². The molecule has 26 heavy (non-hydrogen) atoms. The zero-order chi connectivity index (χ0) is 18.2. The average Bonchev–Trinajstić information content (AvgIpc) is 3.19. The van der Waals surface area contributed by atoms with Crippen molar-refractivity contribution in [1.29, 1.82) is 0 Å². The van der Waals surface area contributed by atoms with Crippen LogP contribution >= 0.6 is 0 Å². The van der Waals surface area contributed by atoms with Crippen LogP contribution < -0.4 is 10.8 Å². The third kappa shape index (κ3) is 5.51. The Labute approximate surface area is 155 Å². The van der Waals surface area contributed by atoms with Gasteiger partial charge < -0.3 is 9.84 Å². The molecule has 1 amide bonds. The molecule has 2 atom stereocenters. The Morgan fingerprint density at radius 1 is 1.23 bits per heavy atom. The Balaban J connectivity index is 1.57. The number of hydrogen-bond acceptors (Lipinski definition) is 6. The van der Waals surface area contributed by atoms with Crippen LogP contribution in [-0.4, -0.2) is 27.8 Å². The van der Waals surface area contributed by atoms with Crippen molar-refractivity contribution < 1.29 is 14.5 Å². The van der Waals surface area contributed by atoms with Gasteiger partial charge in [-0.3, -0.25) is 10.0 Å². The molecule has 3 N–H and O–H groups in total. The highest BCUT2D eigenvalue weighted by atomic mass is 16.5. The molecule has 2 aliphatic rings. The predicted octanol–water partition coefficient (Wildman–Crippen LogP) is 3.61. The summed E-state index contributed by atoms with van der Waals surface area (Å²) in [5.74, 6) is 1.51. The Hall–Kier alpha value is -1.47. The SMILES string of the molecule is O=C(C[C@@H](CCCC1CCCCC1)c1nc([C@@H]2CCCCN2)no1)NO. The molecule has 3 rings (SSSR count). The summed E-state index contributed by atoms with van der Waals surface area (Å²) >= 11 is 0. The first kappa shape index (κ1) is 19.3. The minimum Gasteiger partial charge on any atom is -0.339 e. The van der Waals surface area contributed by atoms with Gasteiger partial charge in [0.1, 0.15) is 0 Å². The number of hydroxylamine groups is 1. The topological polar surface area (TPSA) is 100 Å². The molecule has 0 unspecified atom stereocenters. The number of amides is 1. The van der Waals surface area contributed by atoms with Crippen molar-refractivity contribution in [2.45, 2.75) is 89.0 Å². The fraction of sp³-hybridized carbons (Fsp3) is 0.842. The Kier molecular flexibility index (Phi) is 7.43. The van der Waals surface area contributed by atoms with Crippen molar-refractivity contribution in [2.24, 2.45) is 5.92 Å². The van der Waals surface area contributed by atoms with Gasteiger partial charge in [0.2, 0.25) is 11.8 Å². The third-order valence-electron chi connectivity index (χ3n) is 5.87. The molecule has 1 aliphatic carbocycles. The van der Waals surface area contributed by atoms with E-state index in [4.69, 9.17) is 9.73 Å². The summed E-state index contributed by atoms with van der Waals surface area (Å²) in [6.07, 6.45) is 13.4. The van der Waals surface area contributed by atoms with Crippen LogP contribution in [0.5, 0.6) is 0 Å². The lowest BCUT2D eigenvalue weighted by Crippen LogP contribution is -2.27. The Morgan fingerprint density at radius 3 is 2.77 bits per heavy atom. The summed E-state index contributed by atoms with van der Waals surface area (Å²) in [4.78, 5) is 16.3. The molecular weight excluding hydrogens is 332 g/mol. The van der Waals surface area contributed by atoms with Crippen LogP contribution in [0, 0.1) is 5.92 Å². The van der Waals surface area contributed by atoms with Crippen molar-refractivity contribution >= 4 is 5.91 Å². The van der Waals surface area contributed by atoms with E-state index in [2.05, 4.69) is 15.5 Å². The van der Waals surface area contributed by atoms with E-state index in [1.165, 1.54) is 51.4 Å². The Morgan fingerprint density at radius 2 is 2.04 bits per heavy atom. The first-order valence-corrected chi connectivity index (χ1v) is 10.3. The molecule has 0 spiro atoms. The molecular formula is C19H32N4O3. The first-order valence-electron chi connectivity index (χ1n) is 10.3. The highest BCUT2D eigenvalue weighted by Gasteiger charge is 2.26. The number of piperidine rings is 1. The second kappa shape index (κ2) is 10.0. The average molecular weight is 364 g/mol. The number of aromatic nitrogens is 2. The zero-order valence-electron chi connectivity index (χ0n) is 15.6. The number of nitrogens with zero attached hydrogens (tertiary/aromatic N) is 2. The highest BCUT2D eigenvalue weighted by molar-refractivity contribution is 5.75. The Bertz CT molecular complexity index is 551. The number of carbonyl (C=O) groups excluding carboxylic acids is 1. The summed E-state index contributed by atoms with van der Waals surface area (Å²) in [5.41, 5.74) is 1.73. The second-order valence-corrected chi connectivity index (χ2v) is 7.86. The van der Waals surface area contributed by atoms with Gasteiger partial charge in [-0.05, 0) is 31.7 Å². The summed E-state index contributed by atoms with van der Waals surface area (Å²) in [6.45, 7) is 0.978. The number of nitrogens with one attached hydrogen (secondary N) is 2. The maximum absolute atomic E-state index is 11.7. The highest BCUT2D eigenvalue weighted by Crippen LogP contribution is 2.31. The number of hydrogen-bond donors (Lipinski definition) is 3. The van der Waals surface area contributed by atoms with E-state index in [-0.39, 0.29) is 18.4 Å². The van der Waals surface area contributed by atoms with Gasteiger partial charge in [-0.2, -0.15) is 4.98 Å². The van der Waals surface area contributed by atoms with Crippen LogP contribution in [0.4, 0.5) is 0 Å². The van der Waals surface area contributed by atoms with Crippen molar-refractivity contribution in [3.05, 3.63) is 11.7 Å². The van der Waals surface area contributed by atoms with Gasteiger partial charge in [-0.15, -0.1) is 0 Å². The monoisotopic (exact) mass is 364 g/mol. The van der Waals surface area contributed by atoms with Crippen LogP contribution in [0.1, 0.15) is 101 Å². The van der Waals surface area contributed by atoms with Gasteiger partial charge in [0, 0.05) is 12.3 Å². The predicted molar refractivity (Wildman–Crippen MR) is 96.6 cm³/mol. The normalized spacial score (nSPS) is 22.9. The third-order valence-corrected chi connectivity index (χ3v) is 5.87. The minimum absolute atomic E-state index is 0.129.